The molecule has 1 rings (SSSR count). The lowest BCUT2D eigenvalue weighted by molar-refractivity contribution is -0.384. The number of rotatable bonds is 5. The third kappa shape index (κ3) is 4.30. The van der Waals surface area contributed by atoms with Crippen molar-refractivity contribution < 1.29 is 14.5 Å². The molecule has 0 aromatic heterocycles. The molecule has 21 heavy (non-hydrogen) atoms. The van der Waals surface area contributed by atoms with E-state index >= 15 is 0 Å². The number of nitro benzene ring substituents is 1. The summed E-state index contributed by atoms with van der Waals surface area (Å²) >= 11 is 11.7. The molecule has 0 heterocycles. The number of non-ortho nitro benzene ring substituents is 1. The van der Waals surface area contributed by atoms with Crippen molar-refractivity contribution >= 4 is 40.7 Å². The zero-order chi connectivity index (χ0) is 16.2. The maximum Gasteiger partial charge on any atom is 0.271 e. The van der Waals surface area contributed by atoms with E-state index in [0.717, 1.165) is 12.1 Å². The summed E-state index contributed by atoms with van der Waals surface area (Å²) in [6.07, 6.45) is 0.110. The Labute approximate surface area is 131 Å². The summed E-state index contributed by atoms with van der Waals surface area (Å²) in [6.45, 7) is 0.148. The number of benzene rings is 1. The molecule has 0 atom stereocenters. The van der Waals surface area contributed by atoms with Gasteiger partial charge in [-0.05, 0) is 0 Å². The average molecular weight is 334 g/mol. The fourth-order valence-corrected chi connectivity index (χ4v) is 1.94. The molecular weight excluding hydrogens is 321 g/mol. The first-order chi connectivity index (χ1) is 9.77. The highest BCUT2D eigenvalue weighted by molar-refractivity contribution is 6.44. The summed E-state index contributed by atoms with van der Waals surface area (Å²) in [6, 6.07) is 2.14. The van der Waals surface area contributed by atoms with Crippen LogP contribution in [0.2, 0.25) is 10.0 Å². The van der Waals surface area contributed by atoms with Gasteiger partial charge in [-0.3, -0.25) is 19.7 Å². The Hall–Kier alpha value is -1.86. The van der Waals surface area contributed by atoms with E-state index in [1.54, 1.807) is 0 Å². The fraction of sp³-hybridized carbons (Fsp3) is 0.333. The zero-order valence-electron chi connectivity index (χ0n) is 11.4. The molecule has 0 bridgehead atoms. The third-order valence-electron chi connectivity index (χ3n) is 2.75. The Morgan fingerprint density at radius 2 is 2.00 bits per heavy atom. The second kappa shape index (κ2) is 7.24. The molecule has 0 aliphatic carbocycles. The topological polar surface area (TPSA) is 92.6 Å². The Morgan fingerprint density at radius 3 is 2.52 bits per heavy atom. The number of hydrogen-bond donors (Lipinski definition) is 1. The number of carbonyl (C=O) groups is 2. The van der Waals surface area contributed by atoms with E-state index in [1.165, 1.54) is 19.0 Å². The molecular formula is C12H13Cl2N3O4. The van der Waals surface area contributed by atoms with Crippen molar-refractivity contribution in [3.63, 3.8) is 0 Å². The predicted octanol–water partition coefficient (Wildman–Crippen LogP) is 2.11. The molecule has 0 aliphatic rings. The van der Waals surface area contributed by atoms with Crippen molar-refractivity contribution in [2.45, 2.75) is 6.42 Å². The summed E-state index contributed by atoms with van der Waals surface area (Å²) in [5, 5.41) is 13.1. The van der Waals surface area contributed by atoms with Gasteiger partial charge in [0.05, 0.1) is 20.5 Å². The summed E-state index contributed by atoms with van der Waals surface area (Å²) < 4.78 is 0. The summed E-state index contributed by atoms with van der Waals surface area (Å²) in [5.41, 5.74) is -0.400. The highest BCUT2D eigenvalue weighted by Gasteiger charge is 2.22. The normalized spacial score (nSPS) is 10.1. The summed E-state index contributed by atoms with van der Waals surface area (Å²) in [7, 11) is 2.95. The highest BCUT2D eigenvalue weighted by Crippen LogP contribution is 2.31. The van der Waals surface area contributed by atoms with Crippen molar-refractivity contribution in [3.8, 4) is 0 Å². The van der Waals surface area contributed by atoms with Gasteiger partial charge in [-0.1, -0.05) is 23.2 Å². The van der Waals surface area contributed by atoms with Gasteiger partial charge < -0.3 is 10.2 Å². The molecule has 0 saturated carbocycles. The van der Waals surface area contributed by atoms with Crippen LogP contribution in [0.3, 0.4) is 0 Å². The average Bonchev–Trinajstić information content (AvgIpc) is 2.45. The van der Waals surface area contributed by atoms with Gasteiger partial charge in [-0.15, -0.1) is 0 Å². The van der Waals surface area contributed by atoms with Crippen LogP contribution in [0.1, 0.15) is 16.8 Å². The number of amides is 2. The second-order valence-corrected chi connectivity index (χ2v) is 4.98. The molecule has 114 valence electrons. The maximum absolute atomic E-state index is 12.2. The molecule has 0 fully saturated rings. The summed E-state index contributed by atoms with van der Waals surface area (Å²) in [5.74, 6) is -0.771. The van der Waals surface area contributed by atoms with Crippen LogP contribution in [0.15, 0.2) is 12.1 Å². The van der Waals surface area contributed by atoms with Crippen LogP contribution in [0, 0.1) is 10.1 Å². The Morgan fingerprint density at radius 1 is 1.38 bits per heavy atom. The van der Waals surface area contributed by atoms with Gasteiger partial charge in [0.2, 0.25) is 5.91 Å². The van der Waals surface area contributed by atoms with E-state index in [-0.39, 0.29) is 40.2 Å². The quantitative estimate of drug-likeness (QED) is 0.659. The van der Waals surface area contributed by atoms with Gasteiger partial charge in [0.15, 0.2) is 0 Å². The maximum atomic E-state index is 12.2. The monoisotopic (exact) mass is 333 g/mol. The lowest BCUT2D eigenvalue weighted by atomic mass is 10.1. The first-order valence-corrected chi connectivity index (χ1v) is 6.63. The van der Waals surface area contributed by atoms with Gasteiger partial charge in [-0.2, -0.15) is 0 Å². The van der Waals surface area contributed by atoms with E-state index in [1.807, 2.05) is 0 Å². The lowest BCUT2D eigenvalue weighted by Gasteiger charge is -2.17. The largest absolute Gasteiger partial charge is 0.359 e. The third-order valence-corrected chi connectivity index (χ3v) is 3.56. The van der Waals surface area contributed by atoms with Gasteiger partial charge >= 0.3 is 0 Å². The SMILES string of the molecule is CNC(=O)CCN(C)C(=O)c1cc([N+](=O)[O-])cc(Cl)c1Cl. The molecule has 2 amide bonds. The minimum Gasteiger partial charge on any atom is -0.359 e. The fourth-order valence-electron chi connectivity index (χ4n) is 1.54. The van der Waals surface area contributed by atoms with E-state index in [0.29, 0.717) is 0 Å². The highest BCUT2D eigenvalue weighted by atomic mass is 35.5. The van der Waals surface area contributed by atoms with Crippen molar-refractivity contribution in [3.05, 3.63) is 37.9 Å². The molecule has 0 aliphatic heterocycles. The van der Waals surface area contributed by atoms with Crippen molar-refractivity contribution in [1.82, 2.24) is 10.2 Å². The van der Waals surface area contributed by atoms with Crippen LogP contribution >= 0.6 is 23.2 Å². The smallest absolute Gasteiger partial charge is 0.271 e. The number of nitrogens with one attached hydrogen (secondary N) is 1. The molecule has 0 spiro atoms. The molecule has 1 N–H and O–H groups in total. The number of nitro groups is 1. The minimum atomic E-state index is -0.663. The summed E-state index contributed by atoms with van der Waals surface area (Å²) in [4.78, 5) is 34.7. The minimum absolute atomic E-state index is 0.0564. The van der Waals surface area contributed by atoms with Gasteiger partial charge in [0.1, 0.15) is 0 Å². The van der Waals surface area contributed by atoms with Crippen LogP contribution in [0.4, 0.5) is 5.69 Å². The first kappa shape index (κ1) is 17.2. The van der Waals surface area contributed by atoms with Crippen LogP contribution in [-0.2, 0) is 4.79 Å². The number of halogens is 2. The Balaban J connectivity index is 3.01. The predicted molar refractivity (Wildman–Crippen MR) is 78.8 cm³/mol. The van der Waals surface area contributed by atoms with Crippen molar-refractivity contribution in [1.29, 1.82) is 0 Å². The molecule has 0 saturated heterocycles. The molecule has 1 aromatic rings. The van der Waals surface area contributed by atoms with Crippen LogP contribution < -0.4 is 5.32 Å². The van der Waals surface area contributed by atoms with E-state index < -0.39 is 10.8 Å². The zero-order valence-corrected chi connectivity index (χ0v) is 12.9. The molecule has 1 aromatic carbocycles. The van der Waals surface area contributed by atoms with E-state index in [4.69, 9.17) is 23.2 Å². The van der Waals surface area contributed by atoms with Gasteiger partial charge in [-0.25, -0.2) is 0 Å². The second-order valence-electron chi connectivity index (χ2n) is 4.20. The Kier molecular flexibility index (Phi) is 5.92. The molecule has 9 heteroatoms. The number of hydrogen-bond acceptors (Lipinski definition) is 4. The van der Waals surface area contributed by atoms with Crippen LogP contribution in [0.5, 0.6) is 0 Å². The first-order valence-electron chi connectivity index (χ1n) is 5.87. The van der Waals surface area contributed by atoms with E-state index in [9.17, 15) is 19.7 Å². The van der Waals surface area contributed by atoms with Gasteiger partial charge in [0, 0.05) is 39.2 Å². The molecule has 7 nitrogen and oxygen atoms in total. The van der Waals surface area contributed by atoms with E-state index in [2.05, 4.69) is 5.32 Å². The number of carbonyl (C=O) groups excluding carboxylic acids is 2. The van der Waals surface area contributed by atoms with Crippen molar-refractivity contribution in [2.24, 2.45) is 0 Å². The van der Waals surface area contributed by atoms with Gasteiger partial charge in [0.25, 0.3) is 11.6 Å². The number of nitrogens with zero attached hydrogens (tertiary/aromatic N) is 2. The van der Waals surface area contributed by atoms with Crippen LogP contribution in [-0.4, -0.2) is 42.3 Å². The molecule has 0 radical (unpaired) electrons. The molecule has 0 unspecified atom stereocenters. The standard InChI is InChI=1S/C12H13Cl2N3O4/c1-15-10(18)3-4-16(2)12(19)8-5-7(17(20)21)6-9(13)11(8)14/h5-6H,3-4H2,1-2H3,(H,15,18). The van der Waals surface area contributed by atoms with Crippen LogP contribution in [0.25, 0.3) is 0 Å². The lowest BCUT2D eigenvalue weighted by Crippen LogP contribution is -2.31. The van der Waals surface area contributed by atoms with Crippen molar-refractivity contribution in [2.75, 3.05) is 20.6 Å². The Bertz CT molecular complexity index is 592.